The standard InChI is InChI=1S/C26H33N3O3/c30-25(15-14-22-11-7-8-16-27-22)28-17-24(32-20-21-9-3-1-4-10-21)18-29(26(31)19-28)23-12-5-2-6-13-23/h1,3-4,7-11,16,23-24H,2,5-6,12-15,17-20H2/t24-/m1/s1. The number of benzene rings is 1. The number of hydrogen-bond donors (Lipinski definition) is 0. The van der Waals surface area contributed by atoms with E-state index in [2.05, 4.69) is 4.98 Å². The van der Waals surface area contributed by atoms with Crippen LogP contribution in [0.15, 0.2) is 54.7 Å². The molecule has 2 aromatic rings. The fourth-order valence-corrected chi connectivity index (χ4v) is 4.71. The molecule has 0 N–H and O–H groups in total. The van der Waals surface area contributed by atoms with Crippen molar-refractivity contribution in [3.63, 3.8) is 0 Å². The Morgan fingerprint density at radius 2 is 1.78 bits per heavy atom. The van der Waals surface area contributed by atoms with Crippen LogP contribution in [0.4, 0.5) is 0 Å². The van der Waals surface area contributed by atoms with E-state index in [9.17, 15) is 9.59 Å². The van der Waals surface area contributed by atoms with Gasteiger partial charge in [0.15, 0.2) is 0 Å². The van der Waals surface area contributed by atoms with Gasteiger partial charge in [0.2, 0.25) is 11.8 Å². The number of nitrogens with zero attached hydrogens (tertiary/aromatic N) is 3. The van der Waals surface area contributed by atoms with Gasteiger partial charge in [-0.3, -0.25) is 14.6 Å². The molecule has 0 spiro atoms. The first-order valence-electron chi connectivity index (χ1n) is 11.8. The van der Waals surface area contributed by atoms with Crippen molar-refractivity contribution in [1.29, 1.82) is 0 Å². The maximum absolute atomic E-state index is 13.2. The fraction of sp³-hybridized carbons (Fsp3) is 0.500. The molecular weight excluding hydrogens is 402 g/mol. The molecule has 170 valence electrons. The van der Waals surface area contributed by atoms with Gasteiger partial charge >= 0.3 is 0 Å². The SMILES string of the molecule is O=C(CCc1ccccn1)N1CC(=O)N(C2CCCCC2)C[C@H](OCc2ccccc2)C1. The summed E-state index contributed by atoms with van der Waals surface area (Å²) in [7, 11) is 0. The monoisotopic (exact) mass is 435 g/mol. The summed E-state index contributed by atoms with van der Waals surface area (Å²) in [6.45, 7) is 1.63. The average Bonchev–Trinajstić information content (AvgIpc) is 3.02. The highest BCUT2D eigenvalue weighted by Gasteiger charge is 2.34. The minimum absolute atomic E-state index is 0.0113. The Balaban J connectivity index is 1.44. The van der Waals surface area contributed by atoms with Gasteiger partial charge in [0.05, 0.1) is 19.3 Å². The van der Waals surface area contributed by atoms with Gasteiger partial charge in [-0.2, -0.15) is 0 Å². The van der Waals surface area contributed by atoms with Crippen LogP contribution >= 0.6 is 0 Å². The molecule has 1 atom stereocenters. The average molecular weight is 436 g/mol. The zero-order valence-electron chi connectivity index (χ0n) is 18.7. The number of carbonyl (C=O) groups is 2. The number of rotatable bonds is 7. The van der Waals surface area contributed by atoms with Crippen LogP contribution in [0.1, 0.15) is 49.8 Å². The van der Waals surface area contributed by atoms with Crippen LogP contribution in [0.25, 0.3) is 0 Å². The molecule has 4 rings (SSSR count). The lowest BCUT2D eigenvalue weighted by Crippen LogP contribution is -2.46. The zero-order chi connectivity index (χ0) is 22.2. The maximum Gasteiger partial charge on any atom is 0.242 e. The van der Waals surface area contributed by atoms with Crippen molar-refractivity contribution in [3.8, 4) is 0 Å². The second kappa shape index (κ2) is 11.2. The number of pyridine rings is 1. The zero-order valence-corrected chi connectivity index (χ0v) is 18.7. The van der Waals surface area contributed by atoms with E-state index < -0.39 is 0 Å². The first kappa shape index (κ1) is 22.5. The number of hydrogen-bond acceptors (Lipinski definition) is 4. The summed E-state index contributed by atoms with van der Waals surface area (Å²) in [5.41, 5.74) is 1.99. The first-order valence-corrected chi connectivity index (χ1v) is 11.8. The largest absolute Gasteiger partial charge is 0.370 e. The van der Waals surface area contributed by atoms with Gasteiger partial charge in [-0.15, -0.1) is 0 Å². The van der Waals surface area contributed by atoms with E-state index in [0.717, 1.165) is 36.9 Å². The molecule has 0 bridgehead atoms. The van der Waals surface area contributed by atoms with Crippen LogP contribution in [-0.2, 0) is 27.4 Å². The Morgan fingerprint density at radius 3 is 2.53 bits per heavy atom. The molecule has 0 radical (unpaired) electrons. The van der Waals surface area contributed by atoms with Crippen molar-refractivity contribution in [3.05, 3.63) is 66.0 Å². The number of ether oxygens (including phenoxy) is 1. The van der Waals surface area contributed by atoms with E-state index in [1.54, 1.807) is 11.1 Å². The molecule has 2 aliphatic rings. The summed E-state index contributed by atoms with van der Waals surface area (Å²) in [6, 6.07) is 16.0. The van der Waals surface area contributed by atoms with Crippen molar-refractivity contribution in [1.82, 2.24) is 14.8 Å². The normalized spacial score (nSPS) is 20.2. The van der Waals surface area contributed by atoms with Crippen molar-refractivity contribution in [2.75, 3.05) is 19.6 Å². The Labute approximate surface area is 190 Å². The summed E-state index contributed by atoms with van der Waals surface area (Å²) >= 11 is 0. The highest BCUT2D eigenvalue weighted by molar-refractivity contribution is 5.85. The first-order chi connectivity index (χ1) is 15.7. The van der Waals surface area contributed by atoms with Gasteiger partial charge in [0, 0.05) is 37.4 Å². The lowest BCUT2D eigenvalue weighted by Gasteiger charge is -2.34. The Hall–Kier alpha value is -2.73. The number of aryl methyl sites for hydroxylation is 1. The molecule has 1 saturated carbocycles. The van der Waals surface area contributed by atoms with E-state index >= 15 is 0 Å². The summed E-state index contributed by atoms with van der Waals surface area (Å²) in [4.78, 5) is 34.2. The molecule has 0 unspecified atom stereocenters. The second-order valence-electron chi connectivity index (χ2n) is 8.85. The van der Waals surface area contributed by atoms with Crippen molar-refractivity contribution in [2.45, 2.75) is 63.7 Å². The molecule has 1 saturated heterocycles. The highest BCUT2D eigenvalue weighted by atomic mass is 16.5. The summed E-state index contributed by atoms with van der Waals surface area (Å²) in [5, 5.41) is 0. The molecular formula is C26H33N3O3. The van der Waals surface area contributed by atoms with Crippen molar-refractivity contribution < 1.29 is 14.3 Å². The van der Waals surface area contributed by atoms with Gasteiger partial charge in [-0.1, -0.05) is 55.7 Å². The molecule has 2 heterocycles. The van der Waals surface area contributed by atoms with E-state index in [1.807, 2.05) is 53.4 Å². The lowest BCUT2D eigenvalue weighted by molar-refractivity contribution is -0.140. The third-order valence-corrected chi connectivity index (χ3v) is 6.49. The summed E-state index contributed by atoms with van der Waals surface area (Å²) in [5.74, 6) is 0.0386. The van der Waals surface area contributed by atoms with Gasteiger partial charge in [-0.25, -0.2) is 0 Å². The van der Waals surface area contributed by atoms with Gasteiger partial charge < -0.3 is 14.5 Å². The summed E-state index contributed by atoms with van der Waals surface area (Å²) in [6.07, 6.45) is 8.13. The minimum Gasteiger partial charge on any atom is -0.370 e. The lowest BCUT2D eigenvalue weighted by atomic mass is 9.94. The number of aromatic nitrogens is 1. The van der Waals surface area contributed by atoms with Gasteiger partial charge in [-0.05, 0) is 37.0 Å². The molecule has 1 aliphatic heterocycles. The molecule has 1 aliphatic carbocycles. The molecule has 2 fully saturated rings. The van der Waals surface area contributed by atoms with Crippen molar-refractivity contribution in [2.24, 2.45) is 0 Å². The van der Waals surface area contributed by atoms with Crippen LogP contribution in [0.5, 0.6) is 0 Å². The predicted octanol–water partition coefficient (Wildman–Crippen LogP) is 3.60. The van der Waals surface area contributed by atoms with Gasteiger partial charge in [0.1, 0.15) is 0 Å². The van der Waals surface area contributed by atoms with Crippen molar-refractivity contribution >= 4 is 11.8 Å². The molecule has 1 aromatic heterocycles. The highest BCUT2D eigenvalue weighted by Crippen LogP contribution is 2.25. The minimum atomic E-state index is -0.192. The Bertz CT molecular complexity index is 868. The van der Waals surface area contributed by atoms with E-state index in [-0.39, 0.29) is 30.5 Å². The van der Waals surface area contributed by atoms with Crippen LogP contribution in [0.3, 0.4) is 0 Å². The predicted molar refractivity (Wildman–Crippen MR) is 123 cm³/mol. The van der Waals surface area contributed by atoms with E-state index in [1.165, 1.54) is 6.42 Å². The molecule has 6 heteroatoms. The third-order valence-electron chi connectivity index (χ3n) is 6.49. The topological polar surface area (TPSA) is 62.7 Å². The Kier molecular flexibility index (Phi) is 7.88. The third kappa shape index (κ3) is 6.16. The molecule has 1 aromatic carbocycles. The maximum atomic E-state index is 13.2. The molecule has 2 amide bonds. The van der Waals surface area contributed by atoms with E-state index in [4.69, 9.17) is 4.74 Å². The smallest absolute Gasteiger partial charge is 0.242 e. The van der Waals surface area contributed by atoms with Crippen LogP contribution in [0.2, 0.25) is 0 Å². The van der Waals surface area contributed by atoms with Crippen LogP contribution < -0.4 is 0 Å². The van der Waals surface area contributed by atoms with Crippen LogP contribution in [0, 0.1) is 0 Å². The number of amides is 2. The fourth-order valence-electron chi connectivity index (χ4n) is 4.71. The van der Waals surface area contributed by atoms with Crippen LogP contribution in [-0.4, -0.2) is 58.4 Å². The molecule has 32 heavy (non-hydrogen) atoms. The Morgan fingerprint density at radius 1 is 1.00 bits per heavy atom. The summed E-state index contributed by atoms with van der Waals surface area (Å²) < 4.78 is 6.26. The second-order valence-corrected chi connectivity index (χ2v) is 8.85. The van der Waals surface area contributed by atoms with Gasteiger partial charge in [0.25, 0.3) is 0 Å². The quantitative estimate of drug-likeness (QED) is 0.667. The van der Waals surface area contributed by atoms with E-state index in [0.29, 0.717) is 32.5 Å². The number of carbonyl (C=O) groups excluding carboxylic acids is 2. The molecule has 6 nitrogen and oxygen atoms in total.